The smallest absolute Gasteiger partial charge is 0.255 e. The SMILES string of the molecule is COc1cncc([C@@H](NC(=O)c2ccc(OC)cc2OC)C2CC(O)C2)c1. The molecule has 1 atom stereocenters. The van der Waals surface area contributed by atoms with Gasteiger partial charge >= 0.3 is 0 Å². The molecule has 1 saturated carbocycles. The molecule has 1 heterocycles. The number of aromatic nitrogens is 1. The van der Waals surface area contributed by atoms with Crippen molar-refractivity contribution >= 4 is 5.91 Å². The fraction of sp³-hybridized carbons (Fsp3) is 0.400. The van der Waals surface area contributed by atoms with E-state index in [4.69, 9.17) is 14.2 Å². The number of ether oxygens (including phenoxy) is 3. The predicted octanol–water partition coefficient (Wildman–Crippen LogP) is 2.35. The van der Waals surface area contributed by atoms with Crippen molar-refractivity contribution in [2.45, 2.75) is 25.0 Å². The average Bonchev–Trinajstić information content (AvgIpc) is 2.69. The summed E-state index contributed by atoms with van der Waals surface area (Å²) >= 11 is 0. The topological polar surface area (TPSA) is 89.9 Å². The Hall–Kier alpha value is -2.80. The first-order chi connectivity index (χ1) is 13.0. The Morgan fingerprint density at radius 2 is 1.85 bits per heavy atom. The number of aliphatic hydroxyl groups excluding tert-OH is 1. The van der Waals surface area contributed by atoms with Gasteiger partial charge in [-0.3, -0.25) is 9.78 Å². The van der Waals surface area contributed by atoms with E-state index >= 15 is 0 Å². The molecule has 0 unspecified atom stereocenters. The lowest BCUT2D eigenvalue weighted by Gasteiger charge is -2.38. The summed E-state index contributed by atoms with van der Waals surface area (Å²) in [5, 5.41) is 12.8. The Labute approximate surface area is 158 Å². The zero-order valence-corrected chi connectivity index (χ0v) is 15.6. The van der Waals surface area contributed by atoms with Crippen molar-refractivity contribution in [3.8, 4) is 17.2 Å². The van der Waals surface area contributed by atoms with Crippen LogP contribution in [0.4, 0.5) is 0 Å². The minimum Gasteiger partial charge on any atom is -0.497 e. The largest absolute Gasteiger partial charge is 0.497 e. The highest BCUT2D eigenvalue weighted by Gasteiger charge is 2.36. The van der Waals surface area contributed by atoms with Crippen molar-refractivity contribution in [2.24, 2.45) is 5.92 Å². The zero-order valence-electron chi connectivity index (χ0n) is 15.6. The molecule has 1 fully saturated rings. The Bertz CT molecular complexity index is 805. The summed E-state index contributed by atoms with van der Waals surface area (Å²) in [5.74, 6) is 1.53. The summed E-state index contributed by atoms with van der Waals surface area (Å²) in [6.07, 6.45) is 4.25. The first kappa shape index (κ1) is 19.0. The van der Waals surface area contributed by atoms with Crippen LogP contribution in [0.1, 0.15) is 34.8 Å². The van der Waals surface area contributed by atoms with E-state index in [1.807, 2.05) is 6.07 Å². The number of amides is 1. The van der Waals surface area contributed by atoms with E-state index in [-0.39, 0.29) is 24.0 Å². The van der Waals surface area contributed by atoms with Gasteiger partial charge in [0.05, 0.1) is 45.2 Å². The van der Waals surface area contributed by atoms with Crippen LogP contribution < -0.4 is 19.5 Å². The quantitative estimate of drug-likeness (QED) is 0.775. The molecular formula is C20H24N2O5. The molecule has 0 saturated heterocycles. The Kier molecular flexibility index (Phi) is 5.81. The predicted molar refractivity (Wildman–Crippen MR) is 99.3 cm³/mol. The van der Waals surface area contributed by atoms with Crippen molar-refractivity contribution < 1.29 is 24.1 Å². The first-order valence-electron chi connectivity index (χ1n) is 8.75. The van der Waals surface area contributed by atoms with Gasteiger partial charge in [-0.2, -0.15) is 0 Å². The van der Waals surface area contributed by atoms with Gasteiger partial charge < -0.3 is 24.6 Å². The van der Waals surface area contributed by atoms with Gasteiger partial charge in [-0.25, -0.2) is 0 Å². The van der Waals surface area contributed by atoms with Gasteiger partial charge in [-0.1, -0.05) is 0 Å². The number of nitrogens with zero attached hydrogens (tertiary/aromatic N) is 1. The molecule has 2 N–H and O–H groups in total. The van der Waals surface area contributed by atoms with Crippen molar-refractivity contribution in [3.05, 3.63) is 47.8 Å². The van der Waals surface area contributed by atoms with Crippen LogP contribution >= 0.6 is 0 Å². The van der Waals surface area contributed by atoms with Crippen molar-refractivity contribution in [2.75, 3.05) is 21.3 Å². The number of hydrogen-bond donors (Lipinski definition) is 2. The summed E-state index contributed by atoms with van der Waals surface area (Å²) in [6.45, 7) is 0. The number of benzene rings is 1. The van der Waals surface area contributed by atoms with E-state index in [0.29, 0.717) is 35.7 Å². The zero-order chi connectivity index (χ0) is 19.4. The molecule has 0 bridgehead atoms. The second-order valence-corrected chi connectivity index (χ2v) is 6.56. The molecule has 2 aromatic rings. The van der Waals surface area contributed by atoms with E-state index in [1.54, 1.807) is 44.8 Å². The fourth-order valence-corrected chi connectivity index (χ4v) is 3.30. The third-order valence-electron chi connectivity index (χ3n) is 4.89. The maximum Gasteiger partial charge on any atom is 0.255 e. The number of carbonyl (C=O) groups is 1. The Morgan fingerprint density at radius 3 is 2.48 bits per heavy atom. The Morgan fingerprint density at radius 1 is 1.11 bits per heavy atom. The molecule has 0 radical (unpaired) electrons. The monoisotopic (exact) mass is 372 g/mol. The summed E-state index contributed by atoms with van der Waals surface area (Å²) in [5.41, 5.74) is 1.26. The van der Waals surface area contributed by atoms with Crippen molar-refractivity contribution in [1.82, 2.24) is 10.3 Å². The standard InChI is InChI=1S/C20H24N2O5/c1-25-15-4-5-17(18(9-15)27-3)20(24)22-19(12-6-14(23)7-12)13-8-16(26-2)11-21-10-13/h4-5,8-12,14,19,23H,6-7H2,1-3H3,(H,22,24)/t12?,14?,19-/m0/s1. The molecule has 0 spiro atoms. The second-order valence-electron chi connectivity index (χ2n) is 6.56. The highest BCUT2D eigenvalue weighted by atomic mass is 16.5. The molecule has 1 aliphatic carbocycles. The van der Waals surface area contributed by atoms with E-state index in [1.165, 1.54) is 7.11 Å². The average molecular weight is 372 g/mol. The molecule has 7 heteroatoms. The molecule has 7 nitrogen and oxygen atoms in total. The van der Waals surface area contributed by atoms with E-state index in [9.17, 15) is 9.90 Å². The van der Waals surface area contributed by atoms with Crippen LogP contribution in [0.5, 0.6) is 17.2 Å². The minimum atomic E-state index is -0.330. The van der Waals surface area contributed by atoms with Crippen LogP contribution in [0.15, 0.2) is 36.7 Å². The van der Waals surface area contributed by atoms with Gasteiger partial charge in [0.15, 0.2) is 0 Å². The Balaban J connectivity index is 1.86. The number of methoxy groups -OCH3 is 3. The van der Waals surface area contributed by atoms with Crippen LogP contribution in [0.2, 0.25) is 0 Å². The van der Waals surface area contributed by atoms with Crippen molar-refractivity contribution in [3.63, 3.8) is 0 Å². The van der Waals surface area contributed by atoms with Gasteiger partial charge in [-0.05, 0) is 42.5 Å². The molecular weight excluding hydrogens is 348 g/mol. The molecule has 3 rings (SSSR count). The van der Waals surface area contributed by atoms with E-state index < -0.39 is 0 Å². The summed E-state index contributed by atoms with van der Waals surface area (Å²) in [7, 11) is 4.64. The molecule has 27 heavy (non-hydrogen) atoms. The first-order valence-corrected chi connectivity index (χ1v) is 8.75. The second kappa shape index (κ2) is 8.26. The van der Waals surface area contributed by atoms with Crippen molar-refractivity contribution in [1.29, 1.82) is 0 Å². The van der Waals surface area contributed by atoms with E-state index in [0.717, 1.165) is 5.56 Å². The van der Waals surface area contributed by atoms with Crippen LogP contribution in [0, 0.1) is 5.92 Å². The number of hydrogen-bond acceptors (Lipinski definition) is 6. The number of rotatable bonds is 7. The highest BCUT2D eigenvalue weighted by Crippen LogP contribution is 2.39. The summed E-state index contributed by atoms with van der Waals surface area (Å²) in [4.78, 5) is 17.1. The summed E-state index contributed by atoms with van der Waals surface area (Å²) in [6, 6.07) is 6.63. The number of nitrogens with one attached hydrogen (secondary N) is 1. The maximum atomic E-state index is 12.9. The van der Waals surface area contributed by atoms with E-state index in [2.05, 4.69) is 10.3 Å². The molecule has 144 valence electrons. The normalized spacial score (nSPS) is 19.6. The summed E-state index contributed by atoms with van der Waals surface area (Å²) < 4.78 is 15.8. The van der Waals surface area contributed by atoms with Gasteiger partial charge in [0.25, 0.3) is 5.91 Å². The van der Waals surface area contributed by atoms with Gasteiger partial charge in [0, 0.05) is 12.3 Å². The van der Waals surface area contributed by atoms with Crippen LogP contribution in [-0.2, 0) is 0 Å². The number of aliphatic hydroxyl groups is 1. The fourth-order valence-electron chi connectivity index (χ4n) is 3.30. The molecule has 1 aromatic carbocycles. The maximum absolute atomic E-state index is 12.9. The lowest BCUT2D eigenvalue weighted by molar-refractivity contribution is 0.0234. The molecule has 1 aliphatic rings. The third kappa shape index (κ3) is 4.14. The molecule has 1 aromatic heterocycles. The van der Waals surface area contributed by atoms with Crippen LogP contribution in [0.25, 0.3) is 0 Å². The number of carbonyl (C=O) groups excluding carboxylic acids is 1. The van der Waals surface area contributed by atoms with Gasteiger partial charge in [0.1, 0.15) is 17.2 Å². The molecule has 1 amide bonds. The lowest BCUT2D eigenvalue weighted by Crippen LogP contribution is -2.41. The number of pyridine rings is 1. The van der Waals surface area contributed by atoms with Gasteiger partial charge in [0.2, 0.25) is 0 Å². The van der Waals surface area contributed by atoms with Crippen LogP contribution in [-0.4, -0.2) is 43.4 Å². The minimum absolute atomic E-state index is 0.127. The highest BCUT2D eigenvalue weighted by molar-refractivity contribution is 5.97. The third-order valence-corrected chi connectivity index (χ3v) is 4.89. The van der Waals surface area contributed by atoms with Crippen LogP contribution in [0.3, 0.4) is 0 Å². The van der Waals surface area contributed by atoms with Gasteiger partial charge in [-0.15, -0.1) is 0 Å². The lowest BCUT2D eigenvalue weighted by atomic mass is 9.75. The molecule has 0 aliphatic heterocycles.